The van der Waals surface area contributed by atoms with Crippen LogP contribution >= 0.6 is 0 Å². The van der Waals surface area contributed by atoms with Crippen LogP contribution in [0.4, 0.5) is 0 Å². The molecule has 2 N–H and O–H groups in total. The number of aliphatic imine (C=N–C) groups is 1. The van der Waals surface area contributed by atoms with E-state index in [4.69, 9.17) is 10.5 Å². The Hall–Kier alpha value is -2.43. The molecular formula is C17H18N4O. The average molecular weight is 294 g/mol. The predicted molar refractivity (Wildman–Crippen MR) is 84.4 cm³/mol. The van der Waals surface area contributed by atoms with E-state index in [1.165, 1.54) is 16.7 Å². The number of hydrogen-bond acceptors (Lipinski definition) is 5. The second kappa shape index (κ2) is 5.09. The number of hydrogen-bond donors (Lipinski definition) is 1. The standard InChI is InChI=1S/C17H18N4O/c18-16-21-17(10-22-16)6-2-5-14-12(7-17)3-1-4-15(14)13-8-19-11-20-9-13/h1,3-4,8-9,11H,2,5-7,10H2,(H2,18,21). The van der Waals surface area contributed by atoms with Gasteiger partial charge in [0.1, 0.15) is 18.5 Å². The normalized spacial score (nSPS) is 23.5. The third kappa shape index (κ3) is 2.22. The van der Waals surface area contributed by atoms with Crippen molar-refractivity contribution in [3.05, 3.63) is 48.0 Å². The number of ether oxygens (including phenoxy) is 1. The Morgan fingerprint density at radius 2 is 2.05 bits per heavy atom. The average Bonchev–Trinajstić information content (AvgIpc) is 2.79. The van der Waals surface area contributed by atoms with Gasteiger partial charge >= 0.3 is 0 Å². The second-order valence-electron chi connectivity index (χ2n) is 6.06. The molecule has 0 saturated carbocycles. The van der Waals surface area contributed by atoms with Crippen molar-refractivity contribution in [3.63, 3.8) is 0 Å². The fourth-order valence-corrected chi connectivity index (χ4v) is 3.57. The zero-order valence-electron chi connectivity index (χ0n) is 12.3. The first-order valence-corrected chi connectivity index (χ1v) is 7.60. The Kier molecular flexibility index (Phi) is 3.06. The van der Waals surface area contributed by atoms with Gasteiger partial charge in [-0.25, -0.2) is 15.0 Å². The van der Waals surface area contributed by atoms with Crippen molar-refractivity contribution in [3.8, 4) is 11.1 Å². The van der Waals surface area contributed by atoms with Crippen molar-refractivity contribution in [2.45, 2.75) is 31.2 Å². The van der Waals surface area contributed by atoms with E-state index < -0.39 is 0 Å². The molecule has 0 bridgehead atoms. The predicted octanol–water partition coefficient (Wildman–Crippen LogP) is 2.11. The summed E-state index contributed by atoms with van der Waals surface area (Å²) >= 11 is 0. The van der Waals surface area contributed by atoms with Gasteiger partial charge in [0.2, 0.25) is 0 Å². The minimum atomic E-state index is -0.179. The summed E-state index contributed by atoms with van der Waals surface area (Å²) in [4.78, 5) is 12.9. The molecule has 4 rings (SSSR count). The Morgan fingerprint density at radius 1 is 1.18 bits per heavy atom. The van der Waals surface area contributed by atoms with Gasteiger partial charge in [0.25, 0.3) is 6.02 Å². The first-order chi connectivity index (χ1) is 10.8. The van der Waals surface area contributed by atoms with Crippen LogP contribution in [0.3, 0.4) is 0 Å². The summed E-state index contributed by atoms with van der Waals surface area (Å²) in [6, 6.07) is 6.78. The van der Waals surface area contributed by atoms with Crippen LogP contribution in [-0.4, -0.2) is 28.1 Å². The van der Waals surface area contributed by atoms with Gasteiger partial charge in [-0.15, -0.1) is 0 Å². The molecule has 1 atom stereocenters. The molecule has 0 fully saturated rings. The van der Waals surface area contributed by atoms with Crippen LogP contribution in [0, 0.1) is 0 Å². The molecule has 0 amide bonds. The zero-order chi connectivity index (χ0) is 15.0. The summed E-state index contributed by atoms with van der Waals surface area (Å²) in [6.45, 7) is 0.594. The highest BCUT2D eigenvalue weighted by Crippen LogP contribution is 2.37. The first-order valence-electron chi connectivity index (χ1n) is 7.60. The molecule has 1 aliphatic carbocycles. The third-order valence-corrected chi connectivity index (χ3v) is 4.57. The van der Waals surface area contributed by atoms with Crippen LogP contribution < -0.4 is 5.73 Å². The van der Waals surface area contributed by atoms with Crippen LogP contribution in [0.1, 0.15) is 24.0 Å². The van der Waals surface area contributed by atoms with E-state index in [1.54, 1.807) is 6.33 Å². The van der Waals surface area contributed by atoms with Gasteiger partial charge in [0.15, 0.2) is 0 Å². The van der Waals surface area contributed by atoms with Gasteiger partial charge in [-0.05, 0) is 36.0 Å². The van der Waals surface area contributed by atoms with E-state index in [9.17, 15) is 0 Å². The molecule has 1 aromatic heterocycles. The number of fused-ring (bicyclic) bond motifs is 1. The fourth-order valence-electron chi connectivity index (χ4n) is 3.57. The van der Waals surface area contributed by atoms with Gasteiger partial charge in [-0.3, -0.25) is 0 Å². The molecule has 0 radical (unpaired) electrons. The molecule has 1 aliphatic heterocycles. The minimum Gasteiger partial charge on any atom is -0.463 e. The topological polar surface area (TPSA) is 73.4 Å². The second-order valence-corrected chi connectivity index (χ2v) is 6.06. The number of rotatable bonds is 1. The van der Waals surface area contributed by atoms with E-state index in [0.29, 0.717) is 12.6 Å². The zero-order valence-corrected chi connectivity index (χ0v) is 12.3. The lowest BCUT2D eigenvalue weighted by Gasteiger charge is -2.22. The van der Waals surface area contributed by atoms with Crippen LogP contribution in [0.2, 0.25) is 0 Å². The Bertz CT molecular complexity index is 729. The molecule has 1 unspecified atom stereocenters. The Morgan fingerprint density at radius 3 is 2.82 bits per heavy atom. The lowest BCUT2D eigenvalue weighted by molar-refractivity contribution is 0.241. The minimum absolute atomic E-state index is 0.179. The molecule has 2 aliphatic rings. The molecule has 112 valence electrons. The molecule has 2 aromatic rings. The summed E-state index contributed by atoms with van der Waals surface area (Å²) in [7, 11) is 0. The smallest absolute Gasteiger partial charge is 0.282 e. The molecule has 0 saturated heterocycles. The maximum absolute atomic E-state index is 5.74. The fraction of sp³-hybridized carbons (Fsp3) is 0.353. The van der Waals surface area contributed by atoms with E-state index >= 15 is 0 Å². The van der Waals surface area contributed by atoms with Crippen molar-refractivity contribution in [1.82, 2.24) is 9.97 Å². The van der Waals surface area contributed by atoms with Crippen LogP contribution in [0.5, 0.6) is 0 Å². The SMILES string of the molecule is NC1=NC2(CCCc3c(cccc3-c3cncnc3)C2)CO1. The molecule has 1 aromatic carbocycles. The van der Waals surface area contributed by atoms with Gasteiger partial charge in [-0.1, -0.05) is 18.2 Å². The molecule has 5 nitrogen and oxygen atoms in total. The number of nitrogens with zero attached hydrogens (tertiary/aromatic N) is 3. The third-order valence-electron chi connectivity index (χ3n) is 4.57. The lowest BCUT2D eigenvalue weighted by atomic mass is 9.88. The van der Waals surface area contributed by atoms with E-state index in [0.717, 1.165) is 31.2 Å². The number of nitrogens with two attached hydrogens (primary N) is 1. The number of aromatic nitrogens is 2. The quantitative estimate of drug-likeness (QED) is 0.874. The van der Waals surface area contributed by atoms with Crippen LogP contribution in [0.25, 0.3) is 11.1 Å². The van der Waals surface area contributed by atoms with Gasteiger partial charge in [-0.2, -0.15) is 0 Å². The first kappa shape index (κ1) is 13.2. The molecule has 5 heteroatoms. The molecule has 2 heterocycles. The highest BCUT2D eigenvalue weighted by atomic mass is 16.5. The molecule has 22 heavy (non-hydrogen) atoms. The van der Waals surface area contributed by atoms with Crippen molar-refractivity contribution < 1.29 is 4.74 Å². The number of benzene rings is 1. The van der Waals surface area contributed by atoms with Crippen LogP contribution in [-0.2, 0) is 17.6 Å². The highest BCUT2D eigenvalue weighted by molar-refractivity contribution is 5.74. The molecular weight excluding hydrogens is 276 g/mol. The van der Waals surface area contributed by atoms with Gasteiger partial charge in [0.05, 0.1) is 0 Å². The van der Waals surface area contributed by atoms with E-state index in [-0.39, 0.29) is 5.54 Å². The van der Waals surface area contributed by atoms with Crippen molar-refractivity contribution in [2.24, 2.45) is 10.7 Å². The van der Waals surface area contributed by atoms with E-state index in [1.807, 2.05) is 12.4 Å². The van der Waals surface area contributed by atoms with Crippen molar-refractivity contribution >= 4 is 6.02 Å². The maximum atomic E-state index is 5.74. The van der Waals surface area contributed by atoms with Crippen molar-refractivity contribution in [2.75, 3.05) is 6.61 Å². The highest BCUT2D eigenvalue weighted by Gasteiger charge is 2.38. The van der Waals surface area contributed by atoms with Crippen molar-refractivity contribution in [1.29, 1.82) is 0 Å². The Balaban J connectivity index is 1.78. The molecule has 1 spiro atoms. The van der Waals surface area contributed by atoms with Gasteiger partial charge < -0.3 is 10.5 Å². The van der Waals surface area contributed by atoms with Crippen LogP contribution in [0.15, 0.2) is 41.9 Å². The largest absolute Gasteiger partial charge is 0.463 e. The maximum Gasteiger partial charge on any atom is 0.282 e. The van der Waals surface area contributed by atoms with E-state index in [2.05, 4.69) is 33.2 Å². The summed E-state index contributed by atoms with van der Waals surface area (Å²) in [5.74, 6) is 0. The van der Waals surface area contributed by atoms with Gasteiger partial charge in [0, 0.05) is 24.4 Å². The summed E-state index contributed by atoms with van der Waals surface area (Å²) in [5, 5.41) is 0. The Labute approximate surface area is 129 Å². The summed E-state index contributed by atoms with van der Waals surface area (Å²) in [6.07, 6.45) is 9.32. The number of amidine groups is 1. The monoisotopic (exact) mass is 294 g/mol. The summed E-state index contributed by atoms with van der Waals surface area (Å²) < 4.78 is 5.44. The summed E-state index contributed by atoms with van der Waals surface area (Å²) in [5.41, 5.74) is 10.6. The lowest BCUT2D eigenvalue weighted by Crippen LogP contribution is -2.30.